The maximum absolute atomic E-state index is 10.9. The van der Waals surface area contributed by atoms with Crippen molar-refractivity contribution in [2.75, 3.05) is 0 Å². The van der Waals surface area contributed by atoms with E-state index in [-0.39, 0.29) is 12.2 Å². The largest absolute Gasteiger partial charge is 0.511 e. The van der Waals surface area contributed by atoms with Gasteiger partial charge in [0.1, 0.15) is 11.3 Å². The number of nitrogens with two attached hydrogens (primary N) is 1. The standard InChI is InChI=1S/C7H9Cl3N2O2/c1-2-3(13)4(6(12)14)5(11)7(8,9)10/h11,13H,2H2,1H3,(H2,12,14). The number of carbonyl (C=O) groups is 1. The van der Waals surface area contributed by atoms with Crippen LogP contribution in [0, 0.1) is 5.41 Å². The summed E-state index contributed by atoms with van der Waals surface area (Å²) in [5.41, 5.74) is 3.86. The summed E-state index contributed by atoms with van der Waals surface area (Å²) in [5.74, 6) is -1.37. The molecule has 0 aromatic heterocycles. The fourth-order valence-corrected chi connectivity index (χ4v) is 1.01. The molecule has 0 saturated carbocycles. The van der Waals surface area contributed by atoms with Crippen molar-refractivity contribution in [3.05, 3.63) is 11.3 Å². The fraction of sp³-hybridized carbons (Fsp3) is 0.429. The molecule has 0 rings (SSSR count). The molecule has 0 atom stereocenters. The SMILES string of the molecule is CCC(O)=C(C(=N)C(Cl)(Cl)Cl)C(N)=O. The van der Waals surface area contributed by atoms with Crippen molar-refractivity contribution >= 4 is 46.4 Å². The van der Waals surface area contributed by atoms with Gasteiger partial charge in [-0.05, 0) is 0 Å². The summed E-state index contributed by atoms with van der Waals surface area (Å²) in [6.07, 6.45) is 0.126. The van der Waals surface area contributed by atoms with Gasteiger partial charge in [0, 0.05) is 6.42 Å². The summed E-state index contributed by atoms with van der Waals surface area (Å²) in [6, 6.07) is 0. The molecular formula is C7H9Cl3N2O2. The molecule has 0 bridgehead atoms. The lowest BCUT2D eigenvalue weighted by molar-refractivity contribution is -0.114. The Morgan fingerprint density at radius 1 is 1.50 bits per heavy atom. The molecule has 0 radical (unpaired) electrons. The topological polar surface area (TPSA) is 87.2 Å². The molecule has 0 aliphatic carbocycles. The second-order valence-electron chi connectivity index (χ2n) is 2.41. The first kappa shape index (κ1) is 13.5. The molecule has 0 unspecified atom stereocenters. The molecule has 4 nitrogen and oxygen atoms in total. The molecule has 0 fully saturated rings. The van der Waals surface area contributed by atoms with Crippen LogP contribution in [0.4, 0.5) is 0 Å². The molecule has 0 aliphatic rings. The van der Waals surface area contributed by atoms with Crippen LogP contribution in [-0.2, 0) is 4.79 Å². The Morgan fingerprint density at radius 3 is 2.14 bits per heavy atom. The van der Waals surface area contributed by atoms with Gasteiger partial charge in [0.05, 0.1) is 5.71 Å². The van der Waals surface area contributed by atoms with Crippen molar-refractivity contribution in [1.82, 2.24) is 0 Å². The quantitative estimate of drug-likeness (QED) is 0.314. The Morgan fingerprint density at radius 2 is 1.93 bits per heavy atom. The first-order chi connectivity index (χ1) is 6.21. The lowest BCUT2D eigenvalue weighted by Gasteiger charge is -2.14. The summed E-state index contributed by atoms with van der Waals surface area (Å²) < 4.78 is -2.08. The molecule has 0 spiro atoms. The third kappa shape index (κ3) is 3.36. The van der Waals surface area contributed by atoms with Gasteiger partial charge < -0.3 is 10.8 Å². The minimum atomic E-state index is -2.08. The van der Waals surface area contributed by atoms with Gasteiger partial charge in [-0.15, -0.1) is 0 Å². The monoisotopic (exact) mass is 258 g/mol. The van der Waals surface area contributed by atoms with Crippen LogP contribution in [0.2, 0.25) is 0 Å². The zero-order valence-corrected chi connectivity index (χ0v) is 9.54. The molecule has 0 saturated heterocycles. The lowest BCUT2D eigenvalue weighted by Crippen LogP contribution is -2.30. The molecule has 4 N–H and O–H groups in total. The number of aliphatic hydroxyl groups excluding tert-OH is 1. The number of halogens is 3. The number of aliphatic hydroxyl groups is 1. The minimum Gasteiger partial charge on any atom is -0.511 e. The van der Waals surface area contributed by atoms with Crippen LogP contribution in [0.5, 0.6) is 0 Å². The number of allylic oxidation sites excluding steroid dienone is 1. The van der Waals surface area contributed by atoms with Crippen LogP contribution in [0.1, 0.15) is 13.3 Å². The molecule has 0 heterocycles. The maximum atomic E-state index is 10.9. The van der Waals surface area contributed by atoms with E-state index >= 15 is 0 Å². The number of amides is 1. The van der Waals surface area contributed by atoms with Crippen molar-refractivity contribution in [2.24, 2.45) is 5.73 Å². The third-order valence-electron chi connectivity index (χ3n) is 1.40. The summed E-state index contributed by atoms with van der Waals surface area (Å²) in [5, 5.41) is 16.6. The van der Waals surface area contributed by atoms with Crippen LogP contribution in [0.25, 0.3) is 0 Å². The molecule has 0 aromatic rings. The van der Waals surface area contributed by atoms with Gasteiger partial charge in [-0.25, -0.2) is 0 Å². The predicted octanol–water partition coefficient (Wildman–Crippen LogP) is 2.08. The Kier molecular flexibility index (Phi) is 4.71. The molecule has 80 valence electrons. The number of carbonyl (C=O) groups excluding carboxylic acids is 1. The molecule has 14 heavy (non-hydrogen) atoms. The highest BCUT2D eigenvalue weighted by molar-refractivity contribution is 6.78. The zero-order chi connectivity index (χ0) is 11.5. The van der Waals surface area contributed by atoms with E-state index in [0.717, 1.165) is 0 Å². The van der Waals surface area contributed by atoms with Crippen LogP contribution < -0.4 is 5.73 Å². The Balaban J connectivity index is 5.28. The van der Waals surface area contributed by atoms with E-state index in [2.05, 4.69) is 0 Å². The average Bonchev–Trinajstić information content (AvgIpc) is 2.01. The van der Waals surface area contributed by atoms with Gasteiger partial charge in [-0.1, -0.05) is 41.7 Å². The number of nitrogens with one attached hydrogen (secondary N) is 1. The van der Waals surface area contributed by atoms with Crippen LogP contribution in [-0.4, -0.2) is 20.5 Å². The van der Waals surface area contributed by atoms with Crippen LogP contribution >= 0.6 is 34.8 Å². The van der Waals surface area contributed by atoms with E-state index in [1.54, 1.807) is 6.92 Å². The van der Waals surface area contributed by atoms with Gasteiger partial charge in [0.2, 0.25) is 3.79 Å². The first-order valence-electron chi connectivity index (χ1n) is 3.59. The van der Waals surface area contributed by atoms with E-state index in [0.29, 0.717) is 0 Å². The number of alkyl halides is 3. The highest BCUT2D eigenvalue weighted by atomic mass is 35.6. The summed E-state index contributed by atoms with van der Waals surface area (Å²) in [4.78, 5) is 10.9. The molecule has 1 amide bonds. The van der Waals surface area contributed by atoms with Crippen LogP contribution in [0.3, 0.4) is 0 Å². The van der Waals surface area contributed by atoms with Gasteiger partial charge in [-0.3, -0.25) is 10.2 Å². The van der Waals surface area contributed by atoms with Crippen molar-refractivity contribution in [3.63, 3.8) is 0 Å². The number of hydrogen-bond donors (Lipinski definition) is 3. The van der Waals surface area contributed by atoms with E-state index in [1.807, 2.05) is 0 Å². The Labute approximate surface area is 96.1 Å². The number of hydrogen-bond acceptors (Lipinski definition) is 3. The Bertz CT molecular complexity index is 294. The summed E-state index contributed by atoms with van der Waals surface area (Å²) >= 11 is 16.1. The van der Waals surface area contributed by atoms with Crippen molar-refractivity contribution in [1.29, 1.82) is 5.41 Å². The minimum absolute atomic E-state index is 0.126. The van der Waals surface area contributed by atoms with Crippen molar-refractivity contribution in [3.8, 4) is 0 Å². The van der Waals surface area contributed by atoms with E-state index < -0.39 is 21.0 Å². The summed E-state index contributed by atoms with van der Waals surface area (Å²) in [7, 11) is 0. The highest BCUT2D eigenvalue weighted by Crippen LogP contribution is 2.31. The first-order valence-corrected chi connectivity index (χ1v) is 4.73. The van der Waals surface area contributed by atoms with E-state index in [9.17, 15) is 9.90 Å². The number of rotatable bonds is 3. The van der Waals surface area contributed by atoms with E-state index in [4.69, 9.17) is 45.9 Å². The lowest BCUT2D eigenvalue weighted by atomic mass is 10.1. The third-order valence-corrected chi connectivity index (χ3v) is 1.97. The maximum Gasteiger partial charge on any atom is 0.254 e. The summed E-state index contributed by atoms with van der Waals surface area (Å²) in [6.45, 7) is 1.57. The van der Waals surface area contributed by atoms with Gasteiger partial charge >= 0.3 is 0 Å². The number of primary amides is 1. The smallest absolute Gasteiger partial charge is 0.254 e. The van der Waals surface area contributed by atoms with E-state index in [1.165, 1.54) is 0 Å². The van der Waals surface area contributed by atoms with Crippen molar-refractivity contribution < 1.29 is 9.90 Å². The second kappa shape index (κ2) is 4.87. The molecular weight excluding hydrogens is 250 g/mol. The molecule has 0 aliphatic heterocycles. The normalized spacial score (nSPS) is 13.4. The van der Waals surface area contributed by atoms with Gasteiger partial charge in [0.25, 0.3) is 5.91 Å². The van der Waals surface area contributed by atoms with Crippen LogP contribution in [0.15, 0.2) is 11.3 Å². The molecule has 7 heteroatoms. The molecule has 0 aromatic carbocycles. The Hall–Kier alpha value is -0.450. The second-order valence-corrected chi connectivity index (χ2v) is 4.69. The highest BCUT2D eigenvalue weighted by Gasteiger charge is 2.33. The fourth-order valence-electron chi connectivity index (χ4n) is 0.728. The average molecular weight is 260 g/mol. The van der Waals surface area contributed by atoms with Gasteiger partial charge in [0.15, 0.2) is 0 Å². The van der Waals surface area contributed by atoms with Gasteiger partial charge in [-0.2, -0.15) is 0 Å². The van der Waals surface area contributed by atoms with Crippen molar-refractivity contribution in [2.45, 2.75) is 17.1 Å². The predicted molar refractivity (Wildman–Crippen MR) is 57.2 cm³/mol. The zero-order valence-electron chi connectivity index (χ0n) is 7.27.